The van der Waals surface area contributed by atoms with Crippen LogP contribution in [0.4, 0.5) is 5.69 Å². The summed E-state index contributed by atoms with van der Waals surface area (Å²) in [5, 5.41) is 5.62. The number of hydrogen-bond acceptors (Lipinski definition) is 3. The van der Waals surface area contributed by atoms with Gasteiger partial charge in [0.2, 0.25) is 0 Å². The van der Waals surface area contributed by atoms with E-state index < -0.39 is 0 Å². The molecule has 3 heteroatoms. The second-order valence-electron chi connectivity index (χ2n) is 4.23. The molecule has 0 fully saturated rings. The fourth-order valence-electron chi connectivity index (χ4n) is 1.86. The number of benzene rings is 1. The maximum atomic E-state index is 5.44. The predicted molar refractivity (Wildman–Crippen MR) is 79.3 cm³/mol. The summed E-state index contributed by atoms with van der Waals surface area (Å²) in [5.41, 5.74) is 2.43. The van der Waals surface area contributed by atoms with Crippen LogP contribution in [-0.2, 0) is 4.74 Å². The molecule has 1 N–H and O–H groups in total. The van der Waals surface area contributed by atoms with E-state index in [1.54, 1.807) is 11.3 Å². The van der Waals surface area contributed by atoms with E-state index in [4.69, 9.17) is 4.74 Å². The minimum atomic E-state index is 0.311. The molecule has 18 heavy (non-hydrogen) atoms. The number of anilines is 1. The molecule has 0 spiro atoms. The quantitative estimate of drug-likeness (QED) is 0.839. The van der Waals surface area contributed by atoms with E-state index in [0.29, 0.717) is 6.04 Å². The topological polar surface area (TPSA) is 21.3 Å². The van der Waals surface area contributed by atoms with Crippen molar-refractivity contribution in [1.82, 2.24) is 0 Å². The molecule has 1 aromatic carbocycles. The predicted octanol–water partition coefficient (Wildman–Crippen LogP) is 4.25. The lowest BCUT2D eigenvalue weighted by molar-refractivity contribution is 0.141. The molecule has 0 aliphatic carbocycles. The van der Waals surface area contributed by atoms with Crippen molar-refractivity contribution >= 4 is 17.0 Å². The molecule has 2 aromatic rings. The molecule has 0 amide bonds. The first-order valence-corrected chi connectivity index (χ1v) is 7.16. The summed E-state index contributed by atoms with van der Waals surface area (Å²) < 4.78 is 5.44. The molecule has 1 heterocycles. The highest BCUT2D eigenvalue weighted by molar-refractivity contribution is 7.13. The summed E-state index contributed by atoms with van der Waals surface area (Å²) in [7, 11) is 0. The highest BCUT2D eigenvalue weighted by Crippen LogP contribution is 2.31. The summed E-state index contributed by atoms with van der Waals surface area (Å²) in [5.74, 6) is 0. The molecule has 0 radical (unpaired) electrons. The Morgan fingerprint density at radius 2 is 2.06 bits per heavy atom. The zero-order chi connectivity index (χ0) is 12.8. The van der Waals surface area contributed by atoms with Crippen LogP contribution in [0.5, 0.6) is 0 Å². The van der Waals surface area contributed by atoms with Crippen molar-refractivity contribution in [3.05, 3.63) is 41.8 Å². The maximum Gasteiger partial charge on any atom is 0.0664 e. The average Bonchev–Trinajstić information content (AvgIpc) is 2.91. The molecule has 1 unspecified atom stereocenters. The van der Waals surface area contributed by atoms with Gasteiger partial charge in [0, 0.05) is 28.8 Å². The SMILES string of the molecule is CCOCC(C)Nc1ccccc1-c1cccs1. The van der Waals surface area contributed by atoms with Crippen molar-refractivity contribution in [3.63, 3.8) is 0 Å². The zero-order valence-electron chi connectivity index (χ0n) is 10.8. The fraction of sp³-hybridized carbons (Fsp3) is 0.333. The minimum Gasteiger partial charge on any atom is -0.380 e. The molecule has 1 atom stereocenters. The van der Waals surface area contributed by atoms with Crippen LogP contribution in [0, 0.1) is 0 Å². The Hall–Kier alpha value is -1.32. The van der Waals surface area contributed by atoms with Crippen LogP contribution < -0.4 is 5.32 Å². The molecular weight excluding hydrogens is 242 g/mol. The van der Waals surface area contributed by atoms with Crippen LogP contribution in [0.25, 0.3) is 10.4 Å². The van der Waals surface area contributed by atoms with Gasteiger partial charge in [0.25, 0.3) is 0 Å². The van der Waals surface area contributed by atoms with Crippen molar-refractivity contribution in [2.24, 2.45) is 0 Å². The Balaban J connectivity index is 2.13. The van der Waals surface area contributed by atoms with Gasteiger partial charge in [0.05, 0.1) is 6.61 Å². The minimum absolute atomic E-state index is 0.311. The van der Waals surface area contributed by atoms with Crippen LogP contribution in [-0.4, -0.2) is 19.3 Å². The van der Waals surface area contributed by atoms with Gasteiger partial charge in [0.1, 0.15) is 0 Å². The Morgan fingerprint density at radius 3 is 2.78 bits per heavy atom. The number of para-hydroxylation sites is 1. The van der Waals surface area contributed by atoms with Gasteiger partial charge in [-0.3, -0.25) is 0 Å². The third kappa shape index (κ3) is 3.34. The van der Waals surface area contributed by atoms with Crippen molar-refractivity contribution in [3.8, 4) is 10.4 Å². The van der Waals surface area contributed by atoms with Crippen LogP contribution in [0.2, 0.25) is 0 Å². The van der Waals surface area contributed by atoms with Gasteiger partial charge in [0.15, 0.2) is 0 Å². The summed E-state index contributed by atoms with van der Waals surface area (Å²) in [6.07, 6.45) is 0. The first-order chi connectivity index (χ1) is 8.81. The highest BCUT2D eigenvalue weighted by Gasteiger charge is 2.08. The smallest absolute Gasteiger partial charge is 0.0664 e. The Bertz CT molecular complexity index is 467. The second kappa shape index (κ2) is 6.57. The van der Waals surface area contributed by atoms with E-state index in [0.717, 1.165) is 13.2 Å². The molecule has 0 bridgehead atoms. The van der Waals surface area contributed by atoms with Gasteiger partial charge in [-0.1, -0.05) is 24.3 Å². The van der Waals surface area contributed by atoms with E-state index in [1.165, 1.54) is 16.1 Å². The van der Waals surface area contributed by atoms with E-state index >= 15 is 0 Å². The largest absolute Gasteiger partial charge is 0.380 e. The number of thiophene rings is 1. The molecule has 0 aliphatic rings. The van der Waals surface area contributed by atoms with Crippen LogP contribution in [0.1, 0.15) is 13.8 Å². The van der Waals surface area contributed by atoms with Crippen molar-refractivity contribution in [2.75, 3.05) is 18.5 Å². The average molecular weight is 261 g/mol. The van der Waals surface area contributed by atoms with Crippen LogP contribution in [0.15, 0.2) is 41.8 Å². The lowest BCUT2D eigenvalue weighted by Crippen LogP contribution is -2.21. The molecule has 2 nitrogen and oxygen atoms in total. The summed E-state index contributed by atoms with van der Waals surface area (Å²) in [6, 6.07) is 13.0. The summed E-state index contributed by atoms with van der Waals surface area (Å²) in [6.45, 7) is 5.65. The van der Waals surface area contributed by atoms with Gasteiger partial charge in [-0.05, 0) is 31.4 Å². The van der Waals surface area contributed by atoms with Crippen LogP contribution in [0.3, 0.4) is 0 Å². The van der Waals surface area contributed by atoms with Gasteiger partial charge in [-0.15, -0.1) is 11.3 Å². The van der Waals surface area contributed by atoms with Crippen molar-refractivity contribution < 1.29 is 4.74 Å². The Morgan fingerprint density at radius 1 is 1.22 bits per heavy atom. The lowest BCUT2D eigenvalue weighted by atomic mass is 10.1. The third-order valence-electron chi connectivity index (χ3n) is 2.69. The monoisotopic (exact) mass is 261 g/mol. The zero-order valence-corrected chi connectivity index (χ0v) is 11.7. The highest BCUT2D eigenvalue weighted by atomic mass is 32.1. The van der Waals surface area contributed by atoms with E-state index in [1.807, 2.05) is 6.92 Å². The Labute approximate surface area is 113 Å². The van der Waals surface area contributed by atoms with E-state index in [2.05, 4.69) is 54.0 Å². The number of hydrogen-bond donors (Lipinski definition) is 1. The van der Waals surface area contributed by atoms with Gasteiger partial charge in [-0.2, -0.15) is 0 Å². The standard InChI is InChI=1S/C15H19NOS/c1-3-17-11-12(2)16-14-8-5-4-7-13(14)15-9-6-10-18-15/h4-10,12,16H,3,11H2,1-2H3. The normalized spacial score (nSPS) is 12.3. The summed E-state index contributed by atoms with van der Waals surface area (Å²) in [4.78, 5) is 1.29. The fourth-order valence-corrected chi connectivity index (χ4v) is 2.62. The molecule has 0 aliphatic heterocycles. The van der Waals surface area contributed by atoms with Gasteiger partial charge < -0.3 is 10.1 Å². The first kappa shape index (κ1) is 13.1. The molecular formula is C15H19NOS. The van der Waals surface area contributed by atoms with Crippen molar-refractivity contribution in [2.45, 2.75) is 19.9 Å². The number of nitrogens with one attached hydrogen (secondary N) is 1. The van der Waals surface area contributed by atoms with E-state index in [9.17, 15) is 0 Å². The summed E-state index contributed by atoms with van der Waals surface area (Å²) >= 11 is 1.76. The second-order valence-corrected chi connectivity index (χ2v) is 5.18. The molecule has 0 saturated carbocycles. The van der Waals surface area contributed by atoms with Gasteiger partial charge in [-0.25, -0.2) is 0 Å². The molecule has 96 valence electrons. The Kier molecular flexibility index (Phi) is 4.79. The maximum absolute atomic E-state index is 5.44. The molecule has 1 aromatic heterocycles. The molecule has 2 rings (SSSR count). The number of ether oxygens (including phenoxy) is 1. The van der Waals surface area contributed by atoms with Crippen molar-refractivity contribution in [1.29, 1.82) is 0 Å². The van der Waals surface area contributed by atoms with Gasteiger partial charge >= 0.3 is 0 Å². The molecule has 0 saturated heterocycles. The number of rotatable bonds is 6. The van der Waals surface area contributed by atoms with E-state index in [-0.39, 0.29) is 0 Å². The van der Waals surface area contributed by atoms with Crippen LogP contribution >= 0.6 is 11.3 Å². The first-order valence-electron chi connectivity index (χ1n) is 6.28. The lowest BCUT2D eigenvalue weighted by Gasteiger charge is -2.17. The third-order valence-corrected chi connectivity index (χ3v) is 3.59.